The van der Waals surface area contributed by atoms with E-state index in [1.54, 1.807) is 12.3 Å². The molecule has 0 fully saturated rings. The summed E-state index contributed by atoms with van der Waals surface area (Å²) in [5, 5.41) is 5.18. The first-order chi connectivity index (χ1) is 15.1. The summed E-state index contributed by atoms with van der Waals surface area (Å²) in [6, 6.07) is 15.1. The number of esters is 1. The first-order valence-electron chi connectivity index (χ1n) is 10.2. The fourth-order valence-corrected chi connectivity index (χ4v) is 4.15. The number of benzene rings is 2. The normalized spacial score (nSPS) is 13.3. The number of carbonyl (C=O) groups excluding carboxylic acids is 2. The Kier molecular flexibility index (Phi) is 4.78. The molecular formula is C24H22N4O3. The number of hydrogen-bond acceptors (Lipinski definition) is 4. The lowest BCUT2D eigenvalue weighted by Gasteiger charge is -2.27. The van der Waals surface area contributed by atoms with E-state index in [2.05, 4.69) is 10.1 Å². The lowest BCUT2D eigenvalue weighted by molar-refractivity contribution is 0.0600. The summed E-state index contributed by atoms with van der Waals surface area (Å²) >= 11 is 0. The second kappa shape index (κ2) is 7.75. The van der Waals surface area contributed by atoms with Crippen LogP contribution in [0.25, 0.3) is 10.9 Å². The molecule has 4 aromatic rings. The number of aromatic amines is 1. The number of hydrogen-bond donors (Lipinski definition) is 1. The van der Waals surface area contributed by atoms with Crippen molar-refractivity contribution in [2.75, 3.05) is 13.7 Å². The third kappa shape index (κ3) is 3.59. The second-order valence-corrected chi connectivity index (χ2v) is 7.71. The smallest absolute Gasteiger partial charge is 0.337 e. The summed E-state index contributed by atoms with van der Waals surface area (Å²) in [7, 11) is 1.37. The largest absolute Gasteiger partial charge is 0.465 e. The Hall–Kier alpha value is -3.87. The van der Waals surface area contributed by atoms with Crippen molar-refractivity contribution in [1.82, 2.24) is 19.7 Å². The van der Waals surface area contributed by atoms with Crippen LogP contribution in [0.2, 0.25) is 0 Å². The highest BCUT2D eigenvalue weighted by atomic mass is 16.5. The molecule has 0 radical (unpaired) electrons. The van der Waals surface area contributed by atoms with Gasteiger partial charge in [0.2, 0.25) is 0 Å². The Labute approximate surface area is 179 Å². The summed E-state index contributed by atoms with van der Waals surface area (Å²) in [5.74, 6) is -0.356. The van der Waals surface area contributed by atoms with Crippen molar-refractivity contribution in [3.05, 3.63) is 88.9 Å². The molecule has 0 aliphatic carbocycles. The van der Waals surface area contributed by atoms with Gasteiger partial charge in [0.15, 0.2) is 0 Å². The van der Waals surface area contributed by atoms with E-state index in [1.807, 2.05) is 58.2 Å². The summed E-state index contributed by atoms with van der Waals surface area (Å²) in [4.78, 5) is 30.4. The molecule has 7 nitrogen and oxygen atoms in total. The average Bonchev–Trinajstić information content (AvgIpc) is 3.45. The molecule has 1 amide bonds. The molecular weight excluding hydrogens is 392 g/mol. The van der Waals surface area contributed by atoms with Crippen molar-refractivity contribution < 1.29 is 14.3 Å². The summed E-state index contributed by atoms with van der Waals surface area (Å²) in [5.41, 5.74) is 5.42. The quantitative estimate of drug-likeness (QED) is 0.519. The zero-order chi connectivity index (χ0) is 21.4. The van der Waals surface area contributed by atoms with Crippen LogP contribution in [-0.4, -0.2) is 45.2 Å². The van der Waals surface area contributed by atoms with E-state index < -0.39 is 0 Å². The number of H-pyrrole nitrogens is 1. The predicted molar refractivity (Wildman–Crippen MR) is 116 cm³/mol. The van der Waals surface area contributed by atoms with Crippen molar-refractivity contribution >= 4 is 22.8 Å². The van der Waals surface area contributed by atoms with Crippen molar-refractivity contribution in [3.8, 4) is 0 Å². The van der Waals surface area contributed by atoms with Gasteiger partial charge >= 0.3 is 5.97 Å². The lowest BCUT2D eigenvalue weighted by Crippen LogP contribution is -2.35. The Morgan fingerprint density at radius 1 is 1.13 bits per heavy atom. The Morgan fingerprint density at radius 2 is 1.94 bits per heavy atom. The van der Waals surface area contributed by atoms with Crippen LogP contribution in [-0.2, 0) is 24.2 Å². The van der Waals surface area contributed by atoms with Gasteiger partial charge in [0, 0.05) is 59.6 Å². The first-order valence-corrected chi connectivity index (χ1v) is 10.2. The van der Waals surface area contributed by atoms with E-state index in [-0.39, 0.29) is 11.9 Å². The lowest BCUT2D eigenvalue weighted by atomic mass is 10.0. The van der Waals surface area contributed by atoms with E-state index in [0.29, 0.717) is 30.8 Å². The van der Waals surface area contributed by atoms with Crippen LogP contribution in [0.5, 0.6) is 0 Å². The van der Waals surface area contributed by atoms with Gasteiger partial charge in [0.1, 0.15) is 0 Å². The molecule has 0 saturated carbocycles. The van der Waals surface area contributed by atoms with Crippen molar-refractivity contribution in [2.24, 2.45) is 0 Å². The molecule has 2 aromatic heterocycles. The Morgan fingerprint density at radius 3 is 2.68 bits per heavy atom. The molecule has 3 heterocycles. The van der Waals surface area contributed by atoms with Crippen LogP contribution < -0.4 is 0 Å². The molecule has 0 spiro atoms. The molecule has 31 heavy (non-hydrogen) atoms. The number of nitrogens with one attached hydrogen (secondary N) is 1. The van der Waals surface area contributed by atoms with Crippen LogP contribution in [0.3, 0.4) is 0 Å². The zero-order valence-electron chi connectivity index (χ0n) is 17.2. The van der Waals surface area contributed by atoms with Gasteiger partial charge in [-0.25, -0.2) is 4.79 Å². The molecule has 0 saturated heterocycles. The summed E-state index contributed by atoms with van der Waals surface area (Å²) < 4.78 is 6.70. The van der Waals surface area contributed by atoms with Crippen molar-refractivity contribution in [1.29, 1.82) is 0 Å². The predicted octanol–water partition coefficient (Wildman–Crippen LogP) is 3.40. The second-order valence-electron chi connectivity index (χ2n) is 7.71. The Balaban J connectivity index is 1.37. The highest BCUT2D eigenvalue weighted by Crippen LogP contribution is 2.29. The maximum Gasteiger partial charge on any atom is 0.337 e. The number of aromatic nitrogens is 3. The molecule has 0 atom stereocenters. The monoisotopic (exact) mass is 414 g/mol. The SMILES string of the molecule is COC(=O)c1ccc2[nH]c3c(c2c1)CN(C(=O)c1ccc(Cn2cccn2)cc1)CC3. The van der Waals surface area contributed by atoms with Gasteiger partial charge in [0.25, 0.3) is 5.91 Å². The average molecular weight is 414 g/mol. The number of rotatable bonds is 4. The molecule has 0 bridgehead atoms. The summed E-state index contributed by atoms with van der Waals surface area (Å²) in [6.07, 6.45) is 4.42. The first kappa shape index (κ1) is 19.1. The number of ether oxygens (including phenoxy) is 1. The summed E-state index contributed by atoms with van der Waals surface area (Å²) in [6.45, 7) is 1.83. The van der Waals surface area contributed by atoms with Crippen molar-refractivity contribution in [2.45, 2.75) is 19.5 Å². The number of carbonyl (C=O) groups is 2. The van der Waals surface area contributed by atoms with E-state index in [4.69, 9.17) is 4.74 Å². The molecule has 1 aliphatic rings. The molecule has 7 heteroatoms. The third-order valence-electron chi connectivity index (χ3n) is 5.79. The Bertz CT molecular complexity index is 1260. The van der Waals surface area contributed by atoms with E-state index >= 15 is 0 Å². The van der Waals surface area contributed by atoms with Gasteiger partial charge in [-0.2, -0.15) is 5.10 Å². The van der Waals surface area contributed by atoms with Gasteiger partial charge in [-0.1, -0.05) is 12.1 Å². The van der Waals surface area contributed by atoms with Gasteiger partial charge < -0.3 is 14.6 Å². The van der Waals surface area contributed by atoms with Crippen molar-refractivity contribution in [3.63, 3.8) is 0 Å². The molecule has 0 unspecified atom stereocenters. The van der Waals surface area contributed by atoms with Crippen LogP contribution in [0, 0.1) is 0 Å². The molecule has 1 aliphatic heterocycles. The van der Waals surface area contributed by atoms with Gasteiger partial charge in [-0.05, 0) is 42.0 Å². The van der Waals surface area contributed by atoms with Crippen LogP contribution in [0.15, 0.2) is 60.9 Å². The maximum absolute atomic E-state index is 13.1. The number of amides is 1. The van der Waals surface area contributed by atoms with Gasteiger partial charge in [0.05, 0.1) is 19.2 Å². The van der Waals surface area contributed by atoms with E-state index in [9.17, 15) is 9.59 Å². The fraction of sp³-hybridized carbons (Fsp3) is 0.208. The minimum absolute atomic E-state index is 0.00904. The maximum atomic E-state index is 13.1. The fourth-order valence-electron chi connectivity index (χ4n) is 4.15. The zero-order valence-corrected chi connectivity index (χ0v) is 17.2. The van der Waals surface area contributed by atoms with Crippen LogP contribution in [0.1, 0.15) is 37.5 Å². The van der Waals surface area contributed by atoms with Gasteiger partial charge in [-0.3, -0.25) is 9.48 Å². The number of methoxy groups -OCH3 is 1. The minimum Gasteiger partial charge on any atom is -0.465 e. The van der Waals surface area contributed by atoms with E-state index in [0.717, 1.165) is 34.1 Å². The standard InChI is InChI=1S/C24H22N4O3/c1-31-24(30)18-7-8-21-19(13-18)20-15-27(12-9-22(20)26-21)23(29)17-5-3-16(4-6-17)14-28-11-2-10-25-28/h2-8,10-11,13,26H,9,12,14-15H2,1H3. The highest BCUT2D eigenvalue weighted by molar-refractivity contribution is 5.97. The number of nitrogens with zero attached hydrogens (tertiary/aromatic N) is 3. The highest BCUT2D eigenvalue weighted by Gasteiger charge is 2.25. The molecule has 5 rings (SSSR count). The minimum atomic E-state index is -0.365. The van der Waals surface area contributed by atoms with Crippen LogP contribution in [0.4, 0.5) is 0 Å². The molecule has 156 valence electrons. The van der Waals surface area contributed by atoms with Gasteiger partial charge in [-0.15, -0.1) is 0 Å². The van der Waals surface area contributed by atoms with E-state index in [1.165, 1.54) is 7.11 Å². The van der Waals surface area contributed by atoms with Crippen LogP contribution >= 0.6 is 0 Å². The third-order valence-corrected chi connectivity index (χ3v) is 5.79. The topological polar surface area (TPSA) is 80.2 Å². The molecule has 1 N–H and O–H groups in total. The number of fused-ring (bicyclic) bond motifs is 3. The molecule has 2 aromatic carbocycles.